The summed E-state index contributed by atoms with van der Waals surface area (Å²) in [5.41, 5.74) is 4.80. The summed E-state index contributed by atoms with van der Waals surface area (Å²) in [5.74, 6) is 0. The van der Waals surface area contributed by atoms with Gasteiger partial charge in [0.2, 0.25) is 0 Å². The maximum atomic E-state index is 6.02. The van der Waals surface area contributed by atoms with Crippen LogP contribution in [-0.2, 0) is 37.9 Å². The van der Waals surface area contributed by atoms with E-state index in [1.54, 1.807) is 12.4 Å². The summed E-state index contributed by atoms with van der Waals surface area (Å²) in [5, 5.41) is 6.94. The summed E-state index contributed by atoms with van der Waals surface area (Å²) in [6.45, 7) is 2.97. The first-order valence-electron chi connectivity index (χ1n) is 8.47. The largest absolute Gasteiger partial charge is 0.375 e. The second kappa shape index (κ2) is 7.16. The number of rotatable bonds is 6. The first kappa shape index (κ1) is 16.0. The van der Waals surface area contributed by atoms with Crippen LogP contribution in [0.3, 0.4) is 0 Å². The summed E-state index contributed by atoms with van der Waals surface area (Å²) in [6, 6.07) is 4.30. The molecule has 0 saturated carbocycles. The average molecular weight is 338 g/mol. The van der Waals surface area contributed by atoms with Crippen LogP contribution in [0.4, 0.5) is 0 Å². The number of H-pyrrole nitrogens is 1. The Balaban J connectivity index is 1.45. The Morgan fingerprint density at radius 3 is 2.96 bits per heavy atom. The van der Waals surface area contributed by atoms with Crippen molar-refractivity contribution in [2.24, 2.45) is 7.05 Å². The fraction of sp³-hybridized carbons (Fsp3) is 0.389. The van der Waals surface area contributed by atoms with Gasteiger partial charge in [-0.2, -0.15) is 5.10 Å². The Bertz CT molecular complexity index is 798. The topological polar surface area (TPSA) is 71.9 Å². The van der Waals surface area contributed by atoms with Gasteiger partial charge in [0.1, 0.15) is 0 Å². The third-order valence-electron chi connectivity index (χ3n) is 4.71. The molecule has 0 saturated heterocycles. The summed E-state index contributed by atoms with van der Waals surface area (Å²) >= 11 is 0. The Kier molecular flexibility index (Phi) is 4.58. The smallest absolute Gasteiger partial charge is 0.0949 e. The van der Waals surface area contributed by atoms with Gasteiger partial charge < -0.3 is 9.30 Å². The number of aromatic amines is 1. The van der Waals surface area contributed by atoms with Crippen molar-refractivity contribution in [2.75, 3.05) is 6.61 Å². The van der Waals surface area contributed by atoms with Crippen molar-refractivity contribution in [3.8, 4) is 0 Å². The van der Waals surface area contributed by atoms with Crippen LogP contribution in [0.25, 0.3) is 0 Å². The molecule has 3 aromatic rings. The van der Waals surface area contributed by atoms with Crippen molar-refractivity contribution in [1.29, 1.82) is 0 Å². The Labute approximate surface area is 146 Å². The number of imidazole rings is 1. The lowest BCUT2D eigenvalue weighted by atomic mass is 10.0. The highest BCUT2D eigenvalue weighted by atomic mass is 16.5. The van der Waals surface area contributed by atoms with Crippen molar-refractivity contribution < 1.29 is 4.74 Å². The van der Waals surface area contributed by atoms with E-state index in [1.807, 2.05) is 30.9 Å². The Hall–Kier alpha value is -2.51. The van der Waals surface area contributed by atoms with Crippen LogP contribution >= 0.6 is 0 Å². The van der Waals surface area contributed by atoms with Crippen LogP contribution < -0.4 is 0 Å². The van der Waals surface area contributed by atoms with E-state index >= 15 is 0 Å². The van der Waals surface area contributed by atoms with E-state index in [9.17, 15) is 0 Å². The molecule has 7 nitrogen and oxygen atoms in total. The Morgan fingerprint density at radius 2 is 2.16 bits per heavy atom. The lowest BCUT2D eigenvalue weighted by Crippen LogP contribution is -2.43. The molecule has 0 bridgehead atoms. The molecule has 4 rings (SSSR count). The number of nitrogens with one attached hydrogen (secondary N) is 1. The van der Waals surface area contributed by atoms with E-state index in [-0.39, 0.29) is 0 Å². The molecule has 7 heteroatoms. The summed E-state index contributed by atoms with van der Waals surface area (Å²) in [6.07, 6.45) is 10.3. The number of ether oxygens (including phenoxy) is 1. The van der Waals surface area contributed by atoms with Crippen molar-refractivity contribution in [3.63, 3.8) is 0 Å². The number of fused-ring (bicyclic) bond motifs is 1. The minimum atomic E-state index is 0.319. The van der Waals surface area contributed by atoms with Crippen LogP contribution in [0.2, 0.25) is 0 Å². The van der Waals surface area contributed by atoms with Gasteiger partial charge in [0.15, 0.2) is 0 Å². The highest BCUT2D eigenvalue weighted by Crippen LogP contribution is 2.24. The number of aromatic nitrogens is 5. The molecule has 4 heterocycles. The molecule has 25 heavy (non-hydrogen) atoms. The van der Waals surface area contributed by atoms with E-state index < -0.39 is 0 Å². The third-order valence-corrected chi connectivity index (χ3v) is 4.71. The zero-order valence-corrected chi connectivity index (χ0v) is 14.3. The molecular formula is C18H22N6O. The van der Waals surface area contributed by atoms with Crippen LogP contribution in [0.15, 0.2) is 43.2 Å². The molecule has 1 aliphatic rings. The normalized spacial score (nSPS) is 17.6. The maximum absolute atomic E-state index is 6.02. The number of nitrogens with zero attached hydrogens (tertiary/aromatic N) is 5. The molecule has 0 unspecified atom stereocenters. The van der Waals surface area contributed by atoms with E-state index in [2.05, 4.69) is 36.7 Å². The minimum Gasteiger partial charge on any atom is -0.375 e. The van der Waals surface area contributed by atoms with Crippen LogP contribution in [-0.4, -0.2) is 42.3 Å². The molecule has 0 aliphatic carbocycles. The van der Waals surface area contributed by atoms with E-state index in [1.165, 1.54) is 11.3 Å². The fourth-order valence-electron chi connectivity index (χ4n) is 3.31. The van der Waals surface area contributed by atoms with Crippen LogP contribution in [0.1, 0.15) is 22.5 Å². The van der Waals surface area contributed by atoms with Crippen molar-refractivity contribution in [3.05, 3.63) is 65.8 Å². The van der Waals surface area contributed by atoms with Crippen LogP contribution in [0.5, 0.6) is 0 Å². The van der Waals surface area contributed by atoms with Gasteiger partial charge in [0.05, 0.1) is 31.4 Å². The molecule has 0 spiro atoms. The highest BCUT2D eigenvalue weighted by molar-refractivity contribution is 5.19. The standard InChI is InChI=1S/C18H22N6O/c1-23-13-20-17-10-24(9-15-7-21-22-8-15)16(6-18(17)23)12-25-11-14-2-4-19-5-3-14/h2-5,7-8,13,16H,6,9-12H2,1H3,(H,21,22)/t16-/m0/s1. The van der Waals surface area contributed by atoms with Gasteiger partial charge >= 0.3 is 0 Å². The molecular weight excluding hydrogens is 316 g/mol. The highest BCUT2D eigenvalue weighted by Gasteiger charge is 2.29. The molecule has 0 radical (unpaired) electrons. The second-order valence-corrected chi connectivity index (χ2v) is 6.49. The molecule has 0 fully saturated rings. The van der Waals surface area contributed by atoms with Gasteiger partial charge in [0, 0.05) is 62.4 Å². The van der Waals surface area contributed by atoms with Crippen molar-refractivity contribution in [2.45, 2.75) is 32.2 Å². The lowest BCUT2D eigenvalue weighted by molar-refractivity contribution is 0.0360. The first-order chi connectivity index (χ1) is 12.3. The maximum Gasteiger partial charge on any atom is 0.0949 e. The predicted molar refractivity (Wildman–Crippen MR) is 92.4 cm³/mol. The number of aryl methyl sites for hydroxylation is 1. The second-order valence-electron chi connectivity index (χ2n) is 6.49. The molecule has 130 valence electrons. The van der Waals surface area contributed by atoms with Gasteiger partial charge in [-0.1, -0.05) is 0 Å². The van der Waals surface area contributed by atoms with Gasteiger partial charge in [-0.25, -0.2) is 4.98 Å². The predicted octanol–water partition coefficient (Wildman–Crippen LogP) is 1.68. The van der Waals surface area contributed by atoms with Crippen molar-refractivity contribution in [1.82, 2.24) is 29.6 Å². The zero-order valence-electron chi connectivity index (χ0n) is 14.3. The molecule has 0 aromatic carbocycles. The van der Waals surface area contributed by atoms with E-state index in [0.29, 0.717) is 19.3 Å². The number of hydrogen-bond donors (Lipinski definition) is 1. The summed E-state index contributed by atoms with van der Waals surface area (Å²) < 4.78 is 8.14. The first-order valence-corrected chi connectivity index (χ1v) is 8.47. The zero-order chi connectivity index (χ0) is 17.1. The Morgan fingerprint density at radius 1 is 1.28 bits per heavy atom. The molecule has 1 N–H and O–H groups in total. The summed E-state index contributed by atoms with van der Waals surface area (Å²) in [7, 11) is 2.06. The fourth-order valence-corrected chi connectivity index (χ4v) is 3.31. The van der Waals surface area contributed by atoms with Gasteiger partial charge in [0.25, 0.3) is 0 Å². The van der Waals surface area contributed by atoms with Gasteiger partial charge in [-0.3, -0.25) is 15.0 Å². The van der Waals surface area contributed by atoms with E-state index in [0.717, 1.165) is 30.8 Å². The quantitative estimate of drug-likeness (QED) is 0.740. The number of pyridine rings is 1. The molecule has 1 aliphatic heterocycles. The lowest BCUT2D eigenvalue weighted by Gasteiger charge is -2.35. The summed E-state index contributed by atoms with van der Waals surface area (Å²) in [4.78, 5) is 11.0. The SMILES string of the molecule is Cn1cnc2c1C[C@@H](COCc1ccncc1)N(Cc1cn[nH]c1)C2. The van der Waals surface area contributed by atoms with Crippen LogP contribution in [0, 0.1) is 0 Å². The van der Waals surface area contributed by atoms with Gasteiger partial charge in [-0.15, -0.1) is 0 Å². The van der Waals surface area contributed by atoms with E-state index in [4.69, 9.17) is 4.74 Å². The number of hydrogen-bond acceptors (Lipinski definition) is 5. The average Bonchev–Trinajstić information content (AvgIpc) is 3.27. The van der Waals surface area contributed by atoms with Crippen molar-refractivity contribution >= 4 is 0 Å². The molecule has 1 atom stereocenters. The molecule has 3 aromatic heterocycles. The minimum absolute atomic E-state index is 0.319. The third kappa shape index (κ3) is 3.62. The monoisotopic (exact) mass is 338 g/mol. The van der Waals surface area contributed by atoms with Gasteiger partial charge in [-0.05, 0) is 17.7 Å². The molecule has 0 amide bonds.